The van der Waals surface area contributed by atoms with Crippen LogP contribution in [-0.2, 0) is 0 Å². The normalized spacial score (nSPS) is 9.78. The Morgan fingerprint density at radius 2 is 1.36 bits per heavy atom. The van der Waals surface area contributed by atoms with Gasteiger partial charge in [0.15, 0.2) is 0 Å². The molecule has 178 valence electrons. The minimum atomic E-state index is 0. The van der Waals surface area contributed by atoms with Gasteiger partial charge in [0.1, 0.15) is 24.0 Å². The van der Waals surface area contributed by atoms with Crippen molar-refractivity contribution < 1.29 is 0 Å². The van der Waals surface area contributed by atoms with Crippen LogP contribution in [0.2, 0.25) is 0 Å². The fourth-order valence-electron chi connectivity index (χ4n) is 3.78. The zero-order chi connectivity index (χ0) is 24.8. The number of nitrogens with two attached hydrogens (primary N) is 1. The van der Waals surface area contributed by atoms with Gasteiger partial charge in [-0.1, -0.05) is 56.0 Å². The highest BCUT2D eigenvalue weighted by molar-refractivity contribution is 5.83. The number of aryl methyl sites for hydroxylation is 2. The molecule has 4 aromatic carbocycles. The fraction of sp³-hybridized carbons (Fsp3) is 0.100. The van der Waals surface area contributed by atoms with Gasteiger partial charge in [-0.2, -0.15) is 10.5 Å². The van der Waals surface area contributed by atoms with Gasteiger partial charge < -0.3 is 11.1 Å². The second-order valence-electron chi connectivity index (χ2n) is 8.00. The molecule has 0 amide bonds. The predicted octanol–water partition coefficient (Wildman–Crippen LogP) is 7.03. The molecule has 0 unspecified atom stereocenters. The van der Waals surface area contributed by atoms with Crippen molar-refractivity contribution in [1.29, 1.82) is 10.5 Å². The third kappa shape index (κ3) is 5.19. The molecule has 5 rings (SSSR count). The van der Waals surface area contributed by atoms with Crippen LogP contribution >= 0.6 is 0 Å². The molecule has 1 aromatic heterocycles. The average Bonchev–Trinajstić information content (AvgIpc) is 3.31. The molecule has 0 atom stereocenters. The van der Waals surface area contributed by atoms with Crippen molar-refractivity contribution >= 4 is 28.1 Å². The minimum absolute atomic E-state index is 0. The van der Waals surface area contributed by atoms with Crippen LogP contribution in [0.25, 0.3) is 16.7 Å². The van der Waals surface area contributed by atoms with Gasteiger partial charge in [0.2, 0.25) is 0 Å². The Bertz CT molecular complexity index is 1580. The molecule has 0 spiro atoms. The minimum Gasteiger partial charge on any atom is -0.396 e. The maximum atomic E-state index is 9.07. The third-order valence-electron chi connectivity index (χ3n) is 5.71. The molecular formula is C30H28N6. The third-order valence-corrected chi connectivity index (χ3v) is 5.71. The summed E-state index contributed by atoms with van der Waals surface area (Å²) >= 11 is 0. The highest BCUT2D eigenvalue weighted by Crippen LogP contribution is 2.27. The van der Waals surface area contributed by atoms with Crippen molar-refractivity contribution in [1.82, 2.24) is 9.55 Å². The maximum absolute atomic E-state index is 9.07. The molecule has 5 aromatic rings. The summed E-state index contributed by atoms with van der Waals surface area (Å²) in [6.45, 7) is 4.09. The Labute approximate surface area is 211 Å². The van der Waals surface area contributed by atoms with Gasteiger partial charge in [0.25, 0.3) is 0 Å². The number of aromatic nitrogens is 2. The standard InChI is InChI=1S/C15H11N3.C14H13N3.CH4/c1-11-5-2-3-7-13(11)18-10-17-15-12(9-16)6-4-8-14(15)18;1-10-5-2-3-7-12(10)17-13-8-4-6-11(9-15)14(13)16;/h2-8,10H,1H3;2-8,17H,16H2,1H3;1H4. The molecule has 6 heteroatoms. The first kappa shape index (κ1) is 25.6. The summed E-state index contributed by atoms with van der Waals surface area (Å²) in [5.41, 5.74) is 14.4. The summed E-state index contributed by atoms with van der Waals surface area (Å²) in [5.74, 6) is 0. The molecule has 0 aliphatic carbocycles. The maximum Gasteiger partial charge on any atom is 0.107 e. The second kappa shape index (κ2) is 11.4. The van der Waals surface area contributed by atoms with E-state index in [1.807, 2.05) is 72.2 Å². The number of hydrogen-bond acceptors (Lipinski definition) is 5. The molecule has 3 N–H and O–H groups in total. The van der Waals surface area contributed by atoms with E-state index in [2.05, 4.69) is 41.5 Å². The quantitative estimate of drug-likeness (QED) is 0.274. The number of para-hydroxylation sites is 4. The lowest BCUT2D eigenvalue weighted by Gasteiger charge is -2.12. The molecule has 1 heterocycles. The lowest BCUT2D eigenvalue weighted by molar-refractivity contribution is 1.07. The molecule has 0 saturated heterocycles. The molecule has 0 radical (unpaired) electrons. The van der Waals surface area contributed by atoms with Gasteiger partial charge in [-0.05, 0) is 61.4 Å². The highest BCUT2D eigenvalue weighted by atomic mass is 15.0. The van der Waals surface area contributed by atoms with E-state index in [0.717, 1.165) is 33.7 Å². The van der Waals surface area contributed by atoms with Gasteiger partial charge in [-0.15, -0.1) is 0 Å². The number of benzene rings is 4. The van der Waals surface area contributed by atoms with Gasteiger partial charge in [-0.3, -0.25) is 4.57 Å². The molecule has 0 aliphatic heterocycles. The summed E-state index contributed by atoms with van der Waals surface area (Å²) < 4.78 is 2.02. The number of nitrogens with zero attached hydrogens (tertiary/aromatic N) is 4. The second-order valence-corrected chi connectivity index (χ2v) is 8.00. The first-order valence-corrected chi connectivity index (χ1v) is 11.1. The molecule has 0 fully saturated rings. The molecular weight excluding hydrogens is 444 g/mol. The van der Waals surface area contributed by atoms with Crippen LogP contribution in [0.3, 0.4) is 0 Å². The van der Waals surface area contributed by atoms with E-state index in [0.29, 0.717) is 16.8 Å². The van der Waals surface area contributed by atoms with Crippen molar-refractivity contribution in [3.8, 4) is 17.8 Å². The Kier molecular flexibility index (Phi) is 8.07. The van der Waals surface area contributed by atoms with Gasteiger partial charge in [-0.25, -0.2) is 4.98 Å². The summed E-state index contributed by atoms with van der Waals surface area (Å²) in [4.78, 5) is 4.35. The average molecular weight is 473 g/mol. The van der Waals surface area contributed by atoms with Gasteiger partial charge >= 0.3 is 0 Å². The first-order chi connectivity index (χ1) is 17.0. The first-order valence-electron chi connectivity index (χ1n) is 11.1. The van der Waals surface area contributed by atoms with Crippen molar-refractivity contribution in [2.24, 2.45) is 0 Å². The van der Waals surface area contributed by atoms with E-state index >= 15 is 0 Å². The van der Waals surface area contributed by atoms with Gasteiger partial charge in [0, 0.05) is 5.69 Å². The van der Waals surface area contributed by atoms with Crippen molar-refractivity contribution in [2.75, 3.05) is 11.1 Å². The van der Waals surface area contributed by atoms with Crippen molar-refractivity contribution in [3.05, 3.63) is 114 Å². The van der Waals surface area contributed by atoms with Crippen LogP contribution in [0, 0.1) is 36.5 Å². The fourth-order valence-corrected chi connectivity index (χ4v) is 3.78. The zero-order valence-corrected chi connectivity index (χ0v) is 19.5. The van der Waals surface area contributed by atoms with Crippen molar-refractivity contribution in [2.45, 2.75) is 21.3 Å². The molecule has 0 bridgehead atoms. The van der Waals surface area contributed by atoms with E-state index in [1.54, 1.807) is 18.5 Å². The SMILES string of the molecule is C.Cc1ccccc1-n1cnc2c(C#N)cccc21.Cc1ccccc1Nc1cccc(C#N)c1N. The van der Waals surface area contributed by atoms with Gasteiger partial charge in [0.05, 0.1) is 33.7 Å². The molecule has 6 nitrogen and oxygen atoms in total. The lowest BCUT2D eigenvalue weighted by Crippen LogP contribution is -1.99. The number of nitrogens with one attached hydrogen (secondary N) is 1. The van der Waals surface area contributed by atoms with Crippen LogP contribution in [0.4, 0.5) is 17.1 Å². The molecule has 36 heavy (non-hydrogen) atoms. The number of rotatable bonds is 3. The molecule has 0 saturated carbocycles. The van der Waals surface area contributed by atoms with Crippen LogP contribution in [0.5, 0.6) is 0 Å². The van der Waals surface area contributed by atoms with Crippen LogP contribution in [0.1, 0.15) is 29.7 Å². The number of imidazole rings is 1. The summed E-state index contributed by atoms with van der Waals surface area (Å²) in [6.07, 6.45) is 1.77. The smallest absolute Gasteiger partial charge is 0.107 e. The van der Waals surface area contributed by atoms with Crippen LogP contribution < -0.4 is 11.1 Å². The molecule has 0 aliphatic rings. The number of anilines is 3. The number of fused-ring (bicyclic) bond motifs is 1. The topological polar surface area (TPSA) is 103 Å². The van der Waals surface area contributed by atoms with Crippen molar-refractivity contribution in [3.63, 3.8) is 0 Å². The van der Waals surface area contributed by atoms with E-state index < -0.39 is 0 Å². The highest BCUT2D eigenvalue weighted by Gasteiger charge is 2.09. The largest absolute Gasteiger partial charge is 0.396 e. The number of nitriles is 2. The summed E-state index contributed by atoms with van der Waals surface area (Å²) in [5, 5.41) is 21.2. The lowest BCUT2D eigenvalue weighted by atomic mass is 10.1. The monoisotopic (exact) mass is 472 g/mol. The Morgan fingerprint density at radius 1 is 0.750 bits per heavy atom. The summed E-state index contributed by atoms with van der Waals surface area (Å²) in [6, 6.07) is 31.4. The van der Waals surface area contributed by atoms with E-state index in [4.69, 9.17) is 16.3 Å². The Balaban J connectivity index is 0.000000196. The number of hydrogen-bond donors (Lipinski definition) is 2. The Hall–Kier alpha value is -5.07. The van der Waals surface area contributed by atoms with Crippen LogP contribution in [0.15, 0.2) is 91.3 Å². The zero-order valence-electron chi connectivity index (χ0n) is 19.5. The van der Waals surface area contributed by atoms with E-state index in [9.17, 15) is 0 Å². The number of nitrogen functional groups attached to an aromatic ring is 1. The van der Waals surface area contributed by atoms with Crippen LogP contribution in [-0.4, -0.2) is 9.55 Å². The predicted molar refractivity (Wildman–Crippen MR) is 147 cm³/mol. The van der Waals surface area contributed by atoms with E-state index in [1.165, 1.54) is 5.56 Å². The Morgan fingerprint density at radius 3 is 2.06 bits per heavy atom. The summed E-state index contributed by atoms with van der Waals surface area (Å²) in [7, 11) is 0. The van der Waals surface area contributed by atoms with E-state index in [-0.39, 0.29) is 7.43 Å².